The number of halogens is 4. The van der Waals surface area contributed by atoms with E-state index in [1.165, 1.54) is 31.4 Å². The zero-order chi connectivity index (χ0) is 28.0. The lowest BCUT2D eigenvalue weighted by atomic mass is 9.96. The number of rotatable bonds is 4. The van der Waals surface area contributed by atoms with Gasteiger partial charge in [-0.1, -0.05) is 48.4 Å². The molecule has 2 aromatic carbocycles. The van der Waals surface area contributed by atoms with Crippen molar-refractivity contribution in [1.29, 1.82) is 0 Å². The average Bonchev–Trinajstić information content (AvgIpc) is 2.94. The second-order valence-corrected chi connectivity index (χ2v) is 9.98. The van der Waals surface area contributed by atoms with Crippen LogP contribution in [0.15, 0.2) is 48.5 Å². The molecule has 0 atom stereocenters. The van der Waals surface area contributed by atoms with E-state index in [1.54, 1.807) is 24.3 Å². The predicted molar refractivity (Wildman–Crippen MR) is 142 cm³/mol. The molecule has 2 aliphatic rings. The zero-order valence-electron chi connectivity index (χ0n) is 21.6. The third-order valence-electron chi connectivity index (χ3n) is 7.27. The van der Waals surface area contributed by atoms with Crippen LogP contribution in [0, 0.1) is 12.7 Å². The van der Waals surface area contributed by atoms with Gasteiger partial charge in [0.15, 0.2) is 0 Å². The zero-order valence-corrected chi connectivity index (χ0v) is 22.4. The molecule has 208 valence electrons. The first-order valence-corrected chi connectivity index (χ1v) is 13.6. The molecule has 0 spiro atoms. The van der Waals surface area contributed by atoms with Crippen LogP contribution in [0.2, 0.25) is 0 Å². The highest BCUT2D eigenvalue weighted by molar-refractivity contribution is 7.51. The van der Waals surface area contributed by atoms with Crippen LogP contribution in [-0.2, 0) is 17.7 Å². The largest absolute Gasteiger partial charge is 0.451 e. The van der Waals surface area contributed by atoms with Crippen molar-refractivity contribution in [1.82, 2.24) is 14.9 Å². The van der Waals surface area contributed by atoms with Crippen LogP contribution in [0.1, 0.15) is 43.5 Å². The standard InChI is InChI=1S/C28H30F4N4.O2S/c1-19-5-7-21(8-6-19)25-24(20-9-11-22(29)12-10-20)26(34-27(33-25)28(30,31)32)36-17-13-23(14-18-36)35-15-3-2-4-16-35;1-3-2/h5-12,23H,2-4,13-18H2,1H3;. The maximum atomic E-state index is 14.0. The van der Waals surface area contributed by atoms with Crippen molar-refractivity contribution in [3.05, 3.63) is 65.7 Å². The molecule has 2 aliphatic heterocycles. The Morgan fingerprint density at radius 2 is 1.38 bits per heavy atom. The molecular weight excluding hydrogens is 532 g/mol. The summed E-state index contributed by atoms with van der Waals surface area (Å²) < 4.78 is 72.3. The van der Waals surface area contributed by atoms with Gasteiger partial charge in [0.1, 0.15) is 11.6 Å². The SMILES string of the molecule is Cc1ccc(-c2nc(C(F)(F)F)nc(N3CCC(N4CCCCC4)CC3)c2-c2ccc(F)cc2)cc1.O=S=O. The fraction of sp³-hybridized carbons (Fsp3) is 0.429. The Hall–Kier alpha value is -3.18. The fourth-order valence-electron chi connectivity index (χ4n) is 5.33. The number of anilines is 1. The molecule has 0 amide bonds. The van der Waals surface area contributed by atoms with Gasteiger partial charge in [-0.2, -0.15) is 21.6 Å². The predicted octanol–water partition coefficient (Wildman–Crippen LogP) is 6.06. The minimum atomic E-state index is -4.69. The molecule has 0 aliphatic carbocycles. The summed E-state index contributed by atoms with van der Waals surface area (Å²) in [4.78, 5) is 12.6. The maximum absolute atomic E-state index is 14.0. The maximum Gasteiger partial charge on any atom is 0.451 e. The topological polar surface area (TPSA) is 66.4 Å². The van der Waals surface area contributed by atoms with E-state index in [-0.39, 0.29) is 11.5 Å². The van der Waals surface area contributed by atoms with Crippen molar-refractivity contribution in [3.63, 3.8) is 0 Å². The van der Waals surface area contributed by atoms with Crippen molar-refractivity contribution < 1.29 is 26.0 Å². The highest BCUT2D eigenvalue weighted by Gasteiger charge is 2.38. The Morgan fingerprint density at radius 1 is 0.821 bits per heavy atom. The van der Waals surface area contributed by atoms with Crippen molar-refractivity contribution in [3.8, 4) is 22.4 Å². The van der Waals surface area contributed by atoms with E-state index in [0.717, 1.165) is 31.5 Å². The van der Waals surface area contributed by atoms with Crippen molar-refractivity contribution in [2.75, 3.05) is 31.1 Å². The molecule has 0 radical (unpaired) electrons. The van der Waals surface area contributed by atoms with Gasteiger partial charge in [-0.05, 0) is 63.4 Å². The molecule has 3 aromatic rings. The number of benzene rings is 2. The highest BCUT2D eigenvalue weighted by Crippen LogP contribution is 2.41. The minimum absolute atomic E-state index is 0.206. The normalized spacial score (nSPS) is 16.9. The molecule has 3 heterocycles. The number of hydrogen-bond acceptors (Lipinski definition) is 6. The van der Waals surface area contributed by atoms with Gasteiger partial charge in [0.05, 0.1) is 11.3 Å². The molecular formula is C28H30F4N4O2S. The quantitative estimate of drug-likeness (QED) is 0.360. The van der Waals surface area contributed by atoms with Crippen LogP contribution in [0.3, 0.4) is 0 Å². The number of likely N-dealkylation sites (tertiary alicyclic amines) is 1. The van der Waals surface area contributed by atoms with Gasteiger partial charge in [-0.3, -0.25) is 0 Å². The Kier molecular flexibility index (Phi) is 9.45. The van der Waals surface area contributed by atoms with E-state index in [1.807, 2.05) is 24.0 Å². The summed E-state index contributed by atoms with van der Waals surface area (Å²) in [5.41, 5.74) is 2.86. The number of aryl methyl sites for hydroxylation is 1. The lowest BCUT2D eigenvalue weighted by Gasteiger charge is -2.41. The summed E-state index contributed by atoms with van der Waals surface area (Å²) in [6.07, 6.45) is 0.717. The average molecular weight is 563 g/mol. The molecule has 0 bridgehead atoms. The van der Waals surface area contributed by atoms with Crippen LogP contribution in [0.25, 0.3) is 22.4 Å². The molecule has 11 heteroatoms. The van der Waals surface area contributed by atoms with Crippen LogP contribution in [0.5, 0.6) is 0 Å². The minimum Gasteiger partial charge on any atom is -0.356 e. The van der Waals surface area contributed by atoms with Gasteiger partial charge in [0.25, 0.3) is 0 Å². The van der Waals surface area contributed by atoms with Gasteiger partial charge in [0.2, 0.25) is 5.82 Å². The van der Waals surface area contributed by atoms with E-state index in [2.05, 4.69) is 14.9 Å². The third kappa shape index (κ3) is 7.07. The Balaban J connectivity index is 0.00000112. The summed E-state index contributed by atoms with van der Waals surface area (Å²) in [6, 6.07) is 13.5. The van der Waals surface area contributed by atoms with Crippen LogP contribution in [0.4, 0.5) is 23.4 Å². The Bertz CT molecular complexity index is 1280. The van der Waals surface area contributed by atoms with Crippen LogP contribution >= 0.6 is 0 Å². The molecule has 0 saturated carbocycles. The summed E-state index contributed by atoms with van der Waals surface area (Å²) >= 11 is -0.750. The van der Waals surface area contributed by atoms with Crippen molar-refractivity contribution in [2.24, 2.45) is 0 Å². The van der Waals surface area contributed by atoms with E-state index in [0.29, 0.717) is 35.8 Å². The highest BCUT2D eigenvalue weighted by atomic mass is 32.1. The summed E-state index contributed by atoms with van der Waals surface area (Å²) in [6.45, 7) is 5.32. The molecule has 6 nitrogen and oxygen atoms in total. The van der Waals surface area contributed by atoms with Crippen molar-refractivity contribution in [2.45, 2.75) is 51.2 Å². The molecule has 5 rings (SSSR count). The van der Waals surface area contributed by atoms with Crippen LogP contribution < -0.4 is 4.90 Å². The number of alkyl halides is 3. The van der Waals surface area contributed by atoms with E-state index < -0.39 is 29.4 Å². The molecule has 2 saturated heterocycles. The second kappa shape index (κ2) is 12.8. The first-order chi connectivity index (χ1) is 18.7. The number of nitrogens with zero attached hydrogens (tertiary/aromatic N) is 4. The lowest BCUT2D eigenvalue weighted by molar-refractivity contribution is -0.144. The molecule has 1 aromatic heterocycles. The van der Waals surface area contributed by atoms with E-state index >= 15 is 0 Å². The van der Waals surface area contributed by atoms with Crippen molar-refractivity contribution >= 4 is 17.4 Å². The van der Waals surface area contributed by atoms with Gasteiger partial charge in [-0.15, -0.1) is 0 Å². The molecule has 0 unspecified atom stereocenters. The monoisotopic (exact) mass is 562 g/mol. The Morgan fingerprint density at radius 3 is 1.95 bits per heavy atom. The number of hydrogen-bond donors (Lipinski definition) is 0. The van der Waals surface area contributed by atoms with E-state index in [9.17, 15) is 17.6 Å². The summed E-state index contributed by atoms with van der Waals surface area (Å²) in [5.74, 6) is -1.30. The molecule has 2 fully saturated rings. The van der Waals surface area contributed by atoms with Gasteiger partial charge >= 0.3 is 17.7 Å². The lowest BCUT2D eigenvalue weighted by Crippen LogP contribution is -2.47. The summed E-state index contributed by atoms with van der Waals surface area (Å²) in [7, 11) is 0. The smallest absolute Gasteiger partial charge is 0.356 e. The number of piperidine rings is 2. The van der Waals surface area contributed by atoms with Gasteiger partial charge < -0.3 is 9.80 Å². The van der Waals surface area contributed by atoms with E-state index in [4.69, 9.17) is 8.42 Å². The molecule has 39 heavy (non-hydrogen) atoms. The van der Waals surface area contributed by atoms with Crippen LogP contribution in [-0.4, -0.2) is 55.5 Å². The fourth-order valence-corrected chi connectivity index (χ4v) is 5.33. The third-order valence-corrected chi connectivity index (χ3v) is 7.27. The first kappa shape index (κ1) is 28.8. The first-order valence-electron chi connectivity index (χ1n) is 12.9. The second-order valence-electron chi connectivity index (χ2n) is 9.85. The summed E-state index contributed by atoms with van der Waals surface area (Å²) in [5, 5.41) is 0. The molecule has 0 N–H and O–H groups in total. The number of aromatic nitrogens is 2. The Labute approximate surface area is 228 Å². The van der Waals surface area contributed by atoms with Gasteiger partial charge in [0, 0.05) is 24.7 Å². The van der Waals surface area contributed by atoms with Gasteiger partial charge in [-0.25, -0.2) is 14.4 Å².